The van der Waals surface area contributed by atoms with Crippen molar-refractivity contribution in [3.05, 3.63) is 27.7 Å². The molecule has 1 atom stereocenters. The van der Waals surface area contributed by atoms with Crippen LogP contribution in [-0.2, 0) is 12.6 Å². The van der Waals surface area contributed by atoms with E-state index in [9.17, 15) is 13.2 Å². The van der Waals surface area contributed by atoms with Crippen molar-refractivity contribution in [1.82, 2.24) is 4.98 Å². The third kappa shape index (κ3) is 4.80. The average Bonchev–Trinajstić information content (AvgIpc) is 2.64. The standard InChI is InChI=1S/C13H18F3NS/c1-9(2)5-4-6-10(3)7-11-12(13(14,15)16)18-8-17-11/h5,8,10H,4,6-7H2,1-3H3. The lowest BCUT2D eigenvalue weighted by molar-refractivity contribution is -0.135. The lowest BCUT2D eigenvalue weighted by Gasteiger charge is -2.11. The van der Waals surface area contributed by atoms with Crippen LogP contribution in [0.25, 0.3) is 0 Å². The minimum absolute atomic E-state index is 0.192. The molecule has 0 aliphatic heterocycles. The molecule has 1 aromatic rings. The Bertz CT molecular complexity index is 403. The molecule has 0 aliphatic carbocycles. The van der Waals surface area contributed by atoms with Crippen molar-refractivity contribution >= 4 is 11.3 Å². The fraction of sp³-hybridized carbons (Fsp3) is 0.615. The lowest BCUT2D eigenvalue weighted by Crippen LogP contribution is -2.09. The fourth-order valence-corrected chi connectivity index (χ4v) is 2.42. The zero-order chi connectivity index (χ0) is 13.8. The van der Waals surface area contributed by atoms with Gasteiger partial charge in [-0.2, -0.15) is 13.2 Å². The van der Waals surface area contributed by atoms with Crippen molar-refractivity contribution in [3.63, 3.8) is 0 Å². The van der Waals surface area contributed by atoms with E-state index in [4.69, 9.17) is 0 Å². The topological polar surface area (TPSA) is 12.9 Å². The summed E-state index contributed by atoms with van der Waals surface area (Å²) in [6.07, 6.45) is 0.0439. The van der Waals surface area contributed by atoms with Crippen molar-refractivity contribution < 1.29 is 13.2 Å². The summed E-state index contributed by atoms with van der Waals surface area (Å²) in [5, 5.41) is 0. The summed E-state index contributed by atoms with van der Waals surface area (Å²) in [5.74, 6) is 0.212. The van der Waals surface area contributed by atoms with Gasteiger partial charge in [-0.3, -0.25) is 0 Å². The zero-order valence-corrected chi connectivity index (χ0v) is 11.7. The van der Waals surface area contributed by atoms with Gasteiger partial charge in [0.15, 0.2) is 0 Å². The Morgan fingerprint density at radius 2 is 2.11 bits per heavy atom. The second-order valence-corrected chi connectivity index (χ2v) is 5.65. The van der Waals surface area contributed by atoms with E-state index in [2.05, 4.69) is 11.1 Å². The van der Waals surface area contributed by atoms with Crippen LogP contribution in [0.15, 0.2) is 17.2 Å². The summed E-state index contributed by atoms with van der Waals surface area (Å²) < 4.78 is 38.0. The summed E-state index contributed by atoms with van der Waals surface area (Å²) in [5.41, 5.74) is 2.71. The Hall–Kier alpha value is -0.840. The molecule has 5 heteroatoms. The largest absolute Gasteiger partial charge is 0.427 e. The van der Waals surface area contributed by atoms with Crippen LogP contribution in [-0.4, -0.2) is 4.98 Å². The number of alkyl halides is 3. The molecule has 0 radical (unpaired) electrons. The van der Waals surface area contributed by atoms with E-state index in [0.29, 0.717) is 17.8 Å². The summed E-state index contributed by atoms with van der Waals surface area (Å²) in [7, 11) is 0. The van der Waals surface area contributed by atoms with E-state index in [0.717, 1.165) is 12.8 Å². The highest BCUT2D eigenvalue weighted by Gasteiger charge is 2.35. The monoisotopic (exact) mass is 277 g/mol. The number of thiazole rings is 1. The van der Waals surface area contributed by atoms with E-state index >= 15 is 0 Å². The first kappa shape index (κ1) is 15.2. The molecule has 1 nitrogen and oxygen atoms in total. The van der Waals surface area contributed by atoms with Gasteiger partial charge in [-0.25, -0.2) is 4.98 Å². The second-order valence-electron chi connectivity index (χ2n) is 4.79. The SMILES string of the molecule is CC(C)=CCCC(C)Cc1ncsc1C(F)(F)F. The van der Waals surface area contributed by atoms with Gasteiger partial charge in [0, 0.05) is 0 Å². The Balaban J connectivity index is 2.57. The molecule has 18 heavy (non-hydrogen) atoms. The van der Waals surface area contributed by atoms with Crippen LogP contribution in [0.5, 0.6) is 0 Å². The van der Waals surface area contributed by atoms with E-state index in [1.807, 2.05) is 20.8 Å². The molecule has 0 fully saturated rings. The second kappa shape index (κ2) is 6.36. The quantitative estimate of drug-likeness (QED) is 0.683. The van der Waals surface area contributed by atoms with Gasteiger partial charge in [0.05, 0.1) is 11.2 Å². The first-order valence-electron chi connectivity index (χ1n) is 5.93. The average molecular weight is 277 g/mol. The number of allylic oxidation sites excluding steroid dienone is 2. The van der Waals surface area contributed by atoms with E-state index < -0.39 is 11.1 Å². The van der Waals surface area contributed by atoms with E-state index in [1.165, 1.54) is 11.1 Å². The molecule has 0 aromatic carbocycles. The van der Waals surface area contributed by atoms with Crippen LogP contribution in [0, 0.1) is 5.92 Å². The highest BCUT2D eigenvalue weighted by Crippen LogP contribution is 2.35. The smallest absolute Gasteiger partial charge is 0.249 e. The van der Waals surface area contributed by atoms with Crippen LogP contribution in [0.3, 0.4) is 0 Å². The molecule has 0 saturated heterocycles. The molecule has 1 heterocycles. The molecule has 0 spiro atoms. The molecule has 0 N–H and O–H groups in total. The minimum Gasteiger partial charge on any atom is -0.249 e. The van der Waals surface area contributed by atoms with Crippen LogP contribution in [0.1, 0.15) is 44.2 Å². The van der Waals surface area contributed by atoms with Gasteiger partial charge in [0.25, 0.3) is 0 Å². The predicted octanol–water partition coefficient (Wildman–Crippen LogP) is 5.09. The molecule has 0 bridgehead atoms. The van der Waals surface area contributed by atoms with Gasteiger partial charge in [-0.1, -0.05) is 18.6 Å². The lowest BCUT2D eigenvalue weighted by atomic mass is 9.98. The number of hydrogen-bond donors (Lipinski definition) is 0. The van der Waals surface area contributed by atoms with Gasteiger partial charge in [0.1, 0.15) is 4.88 Å². The Morgan fingerprint density at radius 1 is 1.44 bits per heavy atom. The fourth-order valence-electron chi connectivity index (χ4n) is 1.73. The number of nitrogens with zero attached hydrogens (tertiary/aromatic N) is 1. The number of rotatable bonds is 5. The van der Waals surface area contributed by atoms with Crippen LogP contribution in [0.2, 0.25) is 0 Å². The van der Waals surface area contributed by atoms with Crippen molar-refractivity contribution in [2.45, 2.75) is 46.2 Å². The van der Waals surface area contributed by atoms with Crippen LogP contribution < -0.4 is 0 Å². The van der Waals surface area contributed by atoms with Gasteiger partial charge in [-0.15, -0.1) is 11.3 Å². The molecule has 1 rings (SSSR count). The number of aromatic nitrogens is 1. The van der Waals surface area contributed by atoms with E-state index in [-0.39, 0.29) is 11.6 Å². The Labute approximate surface area is 110 Å². The molecule has 102 valence electrons. The maximum absolute atomic E-state index is 12.7. The van der Waals surface area contributed by atoms with Crippen molar-refractivity contribution in [2.24, 2.45) is 5.92 Å². The summed E-state index contributed by atoms with van der Waals surface area (Å²) >= 11 is 0.679. The zero-order valence-electron chi connectivity index (χ0n) is 10.8. The molecule has 0 aliphatic rings. The molecule has 0 saturated carbocycles. The normalized spacial score (nSPS) is 13.4. The highest BCUT2D eigenvalue weighted by molar-refractivity contribution is 7.09. The van der Waals surface area contributed by atoms with Crippen molar-refractivity contribution in [1.29, 1.82) is 0 Å². The molecular formula is C13H18F3NS. The summed E-state index contributed by atoms with van der Waals surface area (Å²) in [6, 6.07) is 0. The predicted molar refractivity (Wildman–Crippen MR) is 68.6 cm³/mol. The van der Waals surface area contributed by atoms with E-state index in [1.54, 1.807) is 0 Å². The van der Waals surface area contributed by atoms with Gasteiger partial charge >= 0.3 is 6.18 Å². The molecular weight excluding hydrogens is 259 g/mol. The first-order chi connectivity index (χ1) is 8.30. The van der Waals surface area contributed by atoms with Crippen LogP contribution >= 0.6 is 11.3 Å². The minimum atomic E-state index is -4.27. The van der Waals surface area contributed by atoms with Gasteiger partial charge < -0.3 is 0 Å². The van der Waals surface area contributed by atoms with Crippen molar-refractivity contribution in [2.75, 3.05) is 0 Å². The summed E-state index contributed by atoms with van der Waals surface area (Å²) in [4.78, 5) is 3.30. The number of halogens is 3. The van der Waals surface area contributed by atoms with Crippen molar-refractivity contribution in [3.8, 4) is 0 Å². The third-order valence-corrected chi connectivity index (χ3v) is 3.57. The van der Waals surface area contributed by atoms with Gasteiger partial charge in [-0.05, 0) is 39.0 Å². The molecule has 1 aromatic heterocycles. The number of hydrogen-bond acceptors (Lipinski definition) is 2. The van der Waals surface area contributed by atoms with Crippen LogP contribution in [0.4, 0.5) is 13.2 Å². The molecule has 0 amide bonds. The van der Waals surface area contributed by atoms with Gasteiger partial charge in [0.2, 0.25) is 0 Å². The maximum Gasteiger partial charge on any atom is 0.427 e. The third-order valence-electron chi connectivity index (χ3n) is 2.65. The maximum atomic E-state index is 12.7. The Kier molecular flexibility index (Phi) is 5.38. The Morgan fingerprint density at radius 3 is 2.67 bits per heavy atom. The molecule has 1 unspecified atom stereocenters. The first-order valence-corrected chi connectivity index (χ1v) is 6.81. The highest BCUT2D eigenvalue weighted by atomic mass is 32.1. The summed E-state index contributed by atoms with van der Waals surface area (Å²) in [6.45, 7) is 6.01.